The Bertz CT molecular complexity index is 482. The number of nitrogens with two attached hydrogens (primary N) is 1. The van der Waals surface area contributed by atoms with Crippen molar-refractivity contribution in [3.05, 3.63) is 35.9 Å². The van der Waals surface area contributed by atoms with E-state index in [4.69, 9.17) is 10.5 Å². The average molecular weight is 332 g/mol. The van der Waals surface area contributed by atoms with Gasteiger partial charge in [-0.2, -0.15) is 0 Å². The molecule has 0 bridgehead atoms. The highest BCUT2D eigenvalue weighted by molar-refractivity contribution is 5.81. The zero-order valence-electron chi connectivity index (χ0n) is 15.1. The van der Waals surface area contributed by atoms with Crippen LogP contribution in [0.5, 0.6) is 0 Å². The first kappa shape index (κ1) is 18.9. The number of nitrogens with zero attached hydrogens (tertiary/aromatic N) is 1. The predicted molar refractivity (Wildman–Crippen MR) is 97.7 cm³/mol. The third-order valence-corrected chi connectivity index (χ3v) is 4.71. The summed E-state index contributed by atoms with van der Waals surface area (Å²) in [5, 5.41) is 0. The van der Waals surface area contributed by atoms with Crippen LogP contribution in [0, 0.1) is 5.92 Å². The van der Waals surface area contributed by atoms with Gasteiger partial charge in [0, 0.05) is 19.7 Å². The molecular weight excluding hydrogens is 300 g/mol. The number of amides is 1. The standard InChI is InChI=1S/C20H32N2O2/c1-16(2)12-15-24-18-10-13-22(14-11-18)20(23)19(21)9-8-17-6-4-3-5-7-17/h3-7,16,18-19H,8-15,21H2,1-2H3/t19-/m1/s1. The lowest BCUT2D eigenvalue weighted by Crippen LogP contribution is -2.48. The Kier molecular flexibility index (Phi) is 7.73. The number of hydrogen-bond donors (Lipinski definition) is 1. The minimum Gasteiger partial charge on any atom is -0.378 e. The Hall–Kier alpha value is -1.39. The molecule has 0 radical (unpaired) electrons. The van der Waals surface area contributed by atoms with Crippen molar-refractivity contribution in [2.24, 2.45) is 11.7 Å². The molecule has 1 heterocycles. The molecule has 4 heteroatoms. The van der Waals surface area contributed by atoms with Gasteiger partial charge in [0.05, 0.1) is 12.1 Å². The second-order valence-electron chi connectivity index (χ2n) is 7.21. The van der Waals surface area contributed by atoms with Gasteiger partial charge in [0.2, 0.25) is 5.91 Å². The highest BCUT2D eigenvalue weighted by atomic mass is 16.5. The molecule has 1 atom stereocenters. The average Bonchev–Trinajstić information content (AvgIpc) is 2.60. The number of carbonyl (C=O) groups excluding carboxylic acids is 1. The van der Waals surface area contributed by atoms with E-state index >= 15 is 0 Å². The maximum atomic E-state index is 12.5. The van der Waals surface area contributed by atoms with Crippen molar-refractivity contribution >= 4 is 5.91 Å². The van der Waals surface area contributed by atoms with Gasteiger partial charge in [-0.25, -0.2) is 0 Å². The number of ether oxygens (including phenoxy) is 1. The number of piperidine rings is 1. The normalized spacial score (nSPS) is 17.2. The number of aryl methyl sites for hydroxylation is 1. The summed E-state index contributed by atoms with van der Waals surface area (Å²) in [5.41, 5.74) is 7.36. The zero-order chi connectivity index (χ0) is 17.4. The molecule has 0 saturated carbocycles. The van der Waals surface area contributed by atoms with E-state index in [1.807, 2.05) is 23.1 Å². The molecule has 0 spiro atoms. The fourth-order valence-electron chi connectivity index (χ4n) is 3.04. The Labute approximate surface area is 146 Å². The smallest absolute Gasteiger partial charge is 0.239 e. The van der Waals surface area contributed by atoms with E-state index in [0.29, 0.717) is 18.4 Å². The minimum atomic E-state index is -0.399. The molecule has 0 aromatic heterocycles. The topological polar surface area (TPSA) is 55.6 Å². The molecule has 2 N–H and O–H groups in total. The lowest BCUT2D eigenvalue weighted by atomic mass is 10.0. The molecule has 1 aromatic carbocycles. The zero-order valence-corrected chi connectivity index (χ0v) is 15.1. The molecule has 134 valence electrons. The molecule has 1 fully saturated rings. The number of carbonyl (C=O) groups is 1. The molecule has 24 heavy (non-hydrogen) atoms. The van der Waals surface area contributed by atoms with Crippen LogP contribution in [-0.2, 0) is 16.0 Å². The van der Waals surface area contributed by atoms with Gasteiger partial charge in [-0.05, 0) is 43.6 Å². The fourth-order valence-corrected chi connectivity index (χ4v) is 3.04. The van der Waals surface area contributed by atoms with Crippen molar-refractivity contribution in [3.63, 3.8) is 0 Å². The second kappa shape index (κ2) is 9.80. The van der Waals surface area contributed by atoms with Crippen LogP contribution in [0.4, 0.5) is 0 Å². The minimum absolute atomic E-state index is 0.0894. The summed E-state index contributed by atoms with van der Waals surface area (Å²) in [7, 11) is 0. The molecule has 1 amide bonds. The van der Waals surface area contributed by atoms with E-state index in [9.17, 15) is 4.79 Å². The van der Waals surface area contributed by atoms with Gasteiger partial charge in [-0.3, -0.25) is 4.79 Å². The fraction of sp³-hybridized carbons (Fsp3) is 0.650. The number of rotatable bonds is 8. The van der Waals surface area contributed by atoms with Crippen molar-refractivity contribution < 1.29 is 9.53 Å². The SMILES string of the molecule is CC(C)CCOC1CCN(C(=O)[C@H](N)CCc2ccccc2)CC1. The Balaban J connectivity index is 1.68. The first-order valence-corrected chi connectivity index (χ1v) is 9.26. The molecule has 1 aromatic rings. The molecule has 1 aliphatic heterocycles. The monoisotopic (exact) mass is 332 g/mol. The van der Waals surface area contributed by atoms with Crippen molar-refractivity contribution in [1.82, 2.24) is 4.90 Å². The molecule has 2 rings (SSSR count). The van der Waals surface area contributed by atoms with Crippen molar-refractivity contribution in [1.29, 1.82) is 0 Å². The summed E-state index contributed by atoms with van der Waals surface area (Å²) < 4.78 is 5.92. The van der Waals surface area contributed by atoms with E-state index in [1.165, 1.54) is 5.56 Å². The summed E-state index contributed by atoms with van der Waals surface area (Å²) in [6.07, 6.45) is 4.80. The van der Waals surface area contributed by atoms with Crippen LogP contribution in [0.1, 0.15) is 45.1 Å². The van der Waals surface area contributed by atoms with Crippen LogP contribution in [0.15, 0.2) is 30.3 Å². The third kappa shape index (κ3) is 6.25. The molecule has 1 aliphatic rings. The Morgan fingerprint density at radius 2 is 1.88 bits per heavy atom. The van der Waals surface area contributed by atoms with Gasteiger partial charge < -0.3 is 15.4 Å². The van der Waals surface area contributed by atoms with Gasteiger partial charge in [-0.15, -0.1) is 0 Å². The van der Waals surface area contributed by atoms with Crippen molar-refractivity contribution in [3.8, 4) is 0 Å². The maximum absolute atomic E-state index is 12.5. The summed E-state index contributed by atoms with van der Waals surface area (Å²) in [6, 6.07) is 9.80. The maximum Gasteiger partial charge on any atom is 0.239 e. The lowest BCUT2D eigenvalue weighted by molar-refractivity contribution is -0.135. The first-order valence-electron chi connectivity index (χ1n) is 9.26. The number of benzene rings is 1. The van der Waals surface area contributed by atoms with Gasteiger partial charge in [0.25, 0.3) is 0 Å². The summed E-state index contributed by atoms with van der Waals surface area (Å²) >= 11 is 0. The third-order valence-electron chi connectivity index (χ3n) is 4.71. The first-order chi connectivity index (χ1) is 11.6. The molecular formula is C20H32N2O2. The van der Waals surface area contributed by atoms with Crippen molar-refractivity contribution in [2.75, 3.05) is 19.7 Å². The van der Waals surface area contributed by atoms with E-state index in [2.05, 4.69) is 26.0 Å². The van der Waals surface area contributed by atoms with Crippen LogP contribution in [0.25, 0.3) is 0 Å². The summed E-state index contributed by atoms with van der Waals surface area (Å²) in [5.74, 6) is 0.765. The van der Waals surface area contributed by atoms with Crippen LogP contribution in [0.3, 0.4) is 0 Å². The number of likely N-dealkylation sites (tertiary alicyclic amines) is 1. The van der Waals surface area contributed by atoms with Crippen LogP contribution in [-0.4, -0.2) is 42.6 Å². The van der Waals surface area contributed by atoms with Gasteiger partial charge in [0.15, 0.2) is 0 Å². The van der Waals surface area contributed by atoms with Gasteiger partial charge >= 0.3 is 0 Å². The predicted octanol–water partition coefficient (Wildman–Crippen LogP) is 3.00. The quantitative estimate of drug-likeness (QED) is 0.796. The van der Waals surface area contributed by atoms with Crippen LogP contribution in [0.2, 0.25) is 0 Å². The molecule has 4 nitrogen and oxygen atoms in total. The second-order valence-corrected chi connectivity index (χ2v) is 7.21. The number of hydrogen-bond acceptors (Lipinski definition) is 3. The van der Waals surface area contributed by atoms with E-state index < -0.39 is 6.04 Å². The van der Waals surface area contributed by atoms with E-state index in [-0.39, 0.29) is 5.91 Å². The van der Waals surface area contributed by atoms with Gasteiger partial charge in [0.1, 0.15) is 0 Å². The van der Waals surface area contributed by atoms with Crippen molar-refractivity contribution in [2.45, 2.75) is 58.1 Å². The van der Waals surface area contributed by atoms with Crippen LogP contribution < -0.4 is 5.73 Å². The summed E-state index contributed by atoms with van der Waals surface area (Å²) in [4.78, 5) is 14.4. The van der Waals surface area contributed by atoms with E-state index in [1.54, 1.807) is 0 Å². The van der Waals surface area contributed by atoms with Gasteiger partial charge in [-0.1, -0.05) is 44.2 Å². The Morgan fingerprint density at radius 1 is 1.21 bits per heavy atom. The highest BCUT2D eigenvalue weighted by Crippen LogP contribution is 2.16. The molecule has 1 saturated heterocycles. The Morgan fingerprint density at radius 3 is 2.50 bits per heavy atom. The van der Waals surface area contributed by atoms with Crippen LogP contribution >= 0.6 is 0 Å². The highest BCUT2D eigenvalue weighted by Gasteiger charge is 2.26. The van der Waals surface area contributed by atoms with E-state index in [0.717, 1.165) is 45.4 Å². The molecule has 0 aliphatic carbocycles. The summed E-state index contributed by atoms with van der Waals surface area (Å²) in [6.45, 7) is 6.78. The largest absolute Gasteiger partial charge is 0.378 e. The molecule has 0 unspecified atom stereocenters. The lowest BCUT2D eigenvalue weighted by Gasteiger charge is -2.33.